The van der Waals surface area contributed by atoms with E-state index < -0.39 is 11.8 Å². The molecule has 1 aromatic heterocycles. The molecule has 0 atom stereocenters. The van der Waals surface area contributed by atoms with Crippen LogP contribution in [0.2, 0.25) is 0 Å². The molecule has 2 amide bonds. The number of carbonyl (C=O) groups excluding carboxylic acids is 2. The van der Waals surface area contributed by atoms with Crippen LogP contribution >= 0.6 is 0 Å². The fraction of sp³-hybridized carbons (Fsp3) is 0.118. The molecule has 2 rings (SSSR count). The van der Waals surface area contributed by atoms with Crippen molar-refractivity contribution in [3.63, 3.8) is 0 Å². The third kappa shape index (κ3) is 4.96. The van der Waals surface area contributed by atoms with Crippen molar-refractivity contribution in [2.24, 2.45) is 0 Å². The Bertz CT molecular complexity index is 694. The van der Waals surface area contributed by atoms with Crippen LogP contribution in [0.5, 0.6) is 0 Å². The second-order valence-electron chi connectivity index (χ2n) is 5.00. The first-order chi connectivity index (χ1) is 11.1. The van der Waals surface area contributed by atoms with Crippen molar-refractivity contribution in [3.05, 3.63) is 66.0 Å². The number of rotatable bonds is 4. The average Bonchev–Trinajstić information content (AvgIpc) is 2.59. The van der Waals surface area contributed by atoms with Gasteiger partial charge in [0.15, 0.2) is 0 Å². The molecule has 0 aliphatic heterocycles. The third-order valence-electron chi connectivity index (χ3n) is 3.08. The number of anilines is 1. The quantitative estimate of drug-likeness (QED) is 0.665. The zero-order valence-electron chi connectivity index (χ0n) is 13.0. The summed E-state index contributed by atoms with van der Waals surface area (Å²) in [5.74, 6) is -0.812. The van der Waals surface area contributed by atoms with Crippen LogP contribution in [0.15, 0.2) is 54.9 Å². The number of nitrogens with one attached hydrogen (secondary N) is 2. The Labute approximate surface area is 134 Å². The minimum atomic E-state index is -0.413. The molecule has 0 aliphatic rings. The zero-order chi connectivity index (χ0) is 16.7. The van der Waals surface area contributed by atoms with Gasteiger partial charge in [-0.2, -0.15) is 0 Å². The Morgan fingerprint density at radius 2 is 1.65 bits per heavy atom. The molecular formula is C17H18N4O2. The van der Waals surface area contributed by atoms with Crippen molar-refractivity contribution in [2.45, 2.75) is 0 Å². The van der Waals surface area contributed by atoms with Crippen LogP contribution in [-0.2, 0) is 4.79 Å². The molecule has 1 aromatic carbocycles. The second-order valence-corrected chi connectivity index (χ2v) is 5.00. The monoisotopic (exact) mass is 310 g/mol. The Morgan fingerprint density at radius 3 is 2.26 bits per heavy atom. The van der Waals surface area contributed by atoms with E-state index in [1.807, 2.05) is 43.3 Å². The first kappa shape index (κ1) is 16.2. The van der Waals surface area contributed by atoms with Gasteiger partial charge in [-0.3, -0.25) is 25.4 Å². The maximum Gasteiger partial charge on any atom is 0.269 e. The first-order valence-electron chi connectivity index (χ1n) is 7.02. The molecular weight excluding hydrogens is 292 g/mol. The number of hydrogen-bond acceptors (Lipinski definition) is 4. The highest BCUT2D eigenvalue weighted by Crippen LogP contribution is 2.12. The number of amides is 2. The van der Waals surface area contributed by atoms with Gasteiger partial charge in [-0.25, -0.2) is 0 Å². The van der Waals surface area contributed by atoms with E-state index in [-0.39, 0.29) is 0 Å². The number of hydrogen-bond donors (Lipinski definition) is 2. The fourth-order valence-electron chi connectivity index (χ4n) is 1.79. The number of benzene rings is 1. The lowest BCUT2D eigenvalue weighted by atomic mass is 10.2. The predicted octanol–water partition coefficient (Wildman–Crippen LogP) is 1.62. The minimum Gasteiger partial charge on any atom is -0.378 e. The summed E-state index contributed by atoms with van der Waals surface area (Å²) < 4.78 is 0. The molecule has 0 radical (unpaired) electrons. The highest BCUT2D eigenvalue weighted by atomic mass is 16.2. The molecule has 0 saturated carbocycles. The summed E-state index contributed by atoms with van der Waals surface area (Å²) in [6.45, 7) is 0. The summed E-state index contributed by atoms with van der Waals surface area (Å²) in [6.07, 6.45) is 6.05. The highest BCUT2D eigenvalue weighted by Gasteiger charge is 2.04. The van der Waals surface area contributed by atoms with Crippen molar-refractivity contribution in [1.82, 2.24) is 15.8 Å². The Morgan fingerprint density at radius 1 is 1.00 bits per heavy atom. The van der Waals surface area contributed by atoms with Gasteiger partial charge in [0.2, 0.25) is 0 Å². The minimum absolute atomic E-state index is 0.399. The van der Waals surface area contributed by atoms with Gasteiger partial charge in [-0.1, -0.05) is 12.1 Å². The van der Waals surface area contributed by atoms with Gasteiger partial charge in [0.05, 0.1) is 0 Å². The standard InChI is InChI=1S/C17H18N4O2/c1-21(2)15-6-3-13(4-7-15)5-8-16(22)19-20-17(23)14-9-11-18-12-10-14/h3-12H,1-2H3,(H,19,22)(H,20,23)/b8-5+. The van der Waals surface area contributed by atoms with Gasteiger partial charge in [-0.05, 0) is 35.9 Å². The van der Waals surface area contributed by atoms with E-state index in [1.54, 1.807) is 18.2 Å². The summed E-state index contributed by atoms with van der Waals surface area (Å²) in [6, 6.07) is 10.9. The van der Waals surface area contributed by atoms with Gasteiger partial charge >= 0.3 is 0 Å². The van der Waals surface area contributed by atoms with Crippen LogP contribution in [0.4, 0.5) is 5.69 Å². The Kier molecular flexibility index (Phi) is 5.46. The first-order valence-corrected chi connectivity index (χ1v) is 7.02. The molecule has 2 aromatic rings. The molecule has 0 aliphatic carbocycles. The largest absolute Gasteiger partial charge is 0.378 e. The summed E-state index contributed by atoms with van der Waals surface area (Å²) >= 11 is 0. The topological polar surface area (TPSA) is 74.3 Å². The van der Waals surface area contributed by atoms with E-state index in [4.69, 9.17) is 0 Å². The van der Waals surface area contributed by atoms with E-state index in [0.717, 1.165) is 11.3 Å². The SMILES string of the molecule is CN(C)c1ccc(/C=C/C(=O)NNC(=O)c2ccncc2)cc1. The normalized spacial score (nSPS) is 10.3. The predicted molar refractivity (Wildman–Crippen MR) is 89.6 cm³/mol. The van der Waals surface area contributed by atoms with Crippen LogP contribution in [0.25, 0.3) is 6.08 Å². The van der Waals surface area contributed by atoms with Crippen LogP contribution in [0.3, 0.4) is 0 Å². The number of hydrazine groups is 1. The van der Waals surface area contributed by atoms with Crippen LogP contribution in [0.1, 0.15) is 15.9 Å². The maximum atomic E-state index is 11.7. The van der Waals surface area contributed by atoms with Gasteiger partial charge in [-0.15, -0.1) is 0 Å². The van der Waals surface area contributed by atoms with E-state index in [9.17, 15) is 9.59 Å². The van der Waals surface area contributed by atoms with Crippen molar-refractivity contribution in [3.8, 4) is 0 Å². The van der Waals surface area contributed by atoms with E-state index in [1.165, 1.54) is 18.5 Å². The summed E-state index contributed by atoms with van der Waals surface area (Å²) in [4.78, 5) is 29.3. The Hall–Kier alpha value is -3.15. The van der Waals surface area contributed by atoms with E-state index >= 15 is 0 Å². The molecule has 0 spiro atoms. The van der Waals surface area contributed by atoms with Crippen molar-refractivity contribution >= 4 is 23.6 Å². The molecule has 1 heterocycles. The average molecular weight is 310 g/mol. The summed E-state index contributed by atoms with van der Waals surface area (Å²) in [5, 5.41) is 0. The molecule has 2 N–H and O–H groups in total. The molecule has 0 saturated heterocycles. The highest BCUT2D eigenvalue weighted by molar-refractivity contribution is 5.97. The number of nitrogens with zero attached hydrogens (tertiary/aromatic N) is 2. The number of aromatic nitrogens is 1. The Balaban J connectivity index is 1.85. The smallest absolute Gasteiger partial charge is 0.269 e. The lowest BCUT2D eigenvalue weighted by molar-refractivity contribution is -0.117. The molecule has 0 fully saturated rings. The molecule has 0 bridgehead atoms. The molecule has 0 unspecified atom stereocenters. The summed E-state index contributed by atoms with van der Waals surface area (Å²) in [7, 11) is 3.92. The van der Waals surface area contributed by atoms with Gasteiger partial charge in [0.25, 0.3) is 11.8 Å². The second kappa shape index (κ2) is 7.74. The van der Waals surface area contributed by atoms with Gasteiger partial charge in [0.1, 0.15) is 0 Å². The lowest BCUT2D eigenvalue weighted by Crippen LogP contribution is -2.40. The number of carbonyl (C=O) groups is 2. The van der Waals surface area contributed by atoms with Crippen LogP contribution < -0.4 is 15.8 Å². The summed E-state index contributed by atoms with van der Waals surface area (Å²) in [5.41, 5.74) is 7.06. The molecule has 23 heavy (non-hydrogen) atoms. The molecule has 6 heteroatoms. The fourth-order valence-corrected chi connectivity index (χ4v) is 1.79. The number of pyridine rings is 1. The lowest BCUT2D eigenvalue weighted by Gasteiger charge is -2.11. The molecule has 118 valence electrons. The zero-order valence-corrected chi connectivity index (χ0v) is 13.0. The van der Waals surface area contributed by atoms with E-state index in [2.05, 4.69) is 15.8 Å². The van der Waals surface area contributed by atoms with Crippen molar-refractivity contribution in [1.29, 1.82) is 0 Å². The van der Waals surface area contributed by atoms with Crippen LogP contribution in [0, 0.1) is 0 Å². The third-order valence-corrected chi connectivity index (χ3v) is 3.08. The molecule has 6 nitrogen and oxygen atoms in total. The van der Waals surface area contributed by atoms with Crippen molar-refractivity contribution in [2.75, 3.05) is 19.0 Å². The van der Waals surface area contributed by atoms with Crippen molar-refractivity contribution < 1.29 is 9.59 Å². The van der Waals surface area contributed by atoms with Gasteiger partial charge in [0, 0.05) is 43.8 Å². The van der Waals surface area contributed by atoms with Crippen LogP contribution in [-0.4, -0.2) is 30.9 Å². The maximum absolute atomic E-state index is 11.7. The van der Waals surface area contributed by atoms with E-state index in [0.29, 0.717) is 5.56 Å². The van der Waals surface area contributed by atoms with Gasteiger partial charge < -0.3 is 4.90 Å².